The molecule has 136 valence electrons. The third-order valence-electron chi connectivity index (χ3n) is 4.54. The zero-order valence-corrected chi connectivity index (χ0v) is 15.5. The number of amides is 1. The topological polar surface area (TPSA) is 89.0 Å². The summed E-state index contributed by atoms with van der Waals surface area (Å²) >= 11 is 1.31. The highest BCUT2D eigenvalue weighted by molar-refractivity contribution is 8.00. The number of thioether (sulfide) groups is 1. The highest BCUT2D eigenvalue weighted by atomic mass is 32.2. The lowest BCUT2D eigenvalue weighted by Gasteiger charge is -2.30. The van der Waals surface area contributed by atoms with Gasteiger partial charge in [0.2, 0.25) is 5.91 Å². The van der Waals surface area contributed by atoms with Gasteiger partial charge in [-0.25, -0.2) is 9.89 Å². The van der Waals surface area contributed by atoms with Crippen LogP contribution in [0.25, 0.3) is 0 Å². The first-order valence-electron chi connectivity index (χ1n) is 8.64. The van der Waals surface area contributed by atoms with E-state index in [2.05, 4.69) is 22.4 Å². The smallest absolute Gasteiger partial charge is 0.343 e. The molecule has 7 nitrogen and oxygen atoms in total. The molecule has 0 aliphatic heterocycles. The van der Waals surface area contributed by atoms with Crippen LogP contribution in [-0.4, -0.2) is 45.7 Å². The molecule has 3 atom stereocenters. The molecule has 0 aromatic carbocycles. The number of H-pyrrole nitrogens is 1. The van der Waals surface area contributed by atoms with Gasteiger partial charge in [0, 0.05) is 26.3 Å². The highest BCUT2D eigenvalue weighted by Crippen LogP contribution is 2.25. The van der Waals surface area contributed by atoms with Crippen molar-refractivity contribution in [2.45, 2.75) is 68.9 Å². The molecule has 1 aromatic rings. The molecule has 3 unspecified atom stereocenters. The number of aromatic nitrogens is 3. The Kier molecular flexibility index (Phi) is 7.36. The molecule has 1 fully saturated rings. The van der Waals surface area contributed by atoms with Gasteiger partial charge < -0.3 is 10.1 Å². The Labute approximate surface area is 146 Å². The van der Waals surface area contributed by atoms with E-state index in [1.165, 1.54) is 31.0 Å². The molecular weight excluding hydrogens is 328 g/mol. The lowest BCUT2D eigenvalue weighted by molar-refractivity contribution is -0.121. The van der Waals surface area contributed by atoms with Gasteiger partial charge in [0.1, 0.15) is 0 Å². The quantitative estimate of drug-likeness (QED) is 0.547. The van der Waals surface area contributed by atoms with Gasteiger partial charge in [-0.15, -0.1) is 5.10 Å². The number of nitrogens with zero attached hydrogens (tertiary/aromatic N) is 2. The van der Waals surface area contributed by atoms with Crippen molar-refractivity contribution in [1.82, 2.24) is 20.1 Å². The first kappa shape index (κ1) is 19.1. The predicted molar refractivity (Wildman–Crippen MR) is 94.2 cm³/mol. The molecule has 1 saturated carbocycles. The maximum absolute atomic E-state index is 12.5. The molecule has 1 aromatic heterocycles. The van der Waals surface area contributed by atoms with E-state index in [4.69, 9.17) is 4.74 Å². The third-order valence-corrected chi connectivity index (χ3v) is 5.63. The Bertz CT molecular complexity index is 586. The molecule has 0 bridgehead atoms. The summed E-state index contributed by atoms with van der Waals surface area (Å²) in [6.45, 7) is 5.16. The van der Waals surface area contributed by atoms with Crippen molar-refractivity contribution < 1.29 is 9.53 Å². The van der Waals surface area contributed by atoms with Crippen molar-refractivity contribution >= 4 is 17.7 Å². The van der Waals surface area contributed by atoms with Crippen LogP contribution >= 0.6 is 11.8 Å². The van der Waals surface area contributed by atoms with Crippen LogP contribution < -0.4 is 11.0 Å². The number of hydrogen-bond donors (Lipinski definition) is 2. The second-order valence-electron chi connectivity index (χ2n) is 6.45. The molecule has 0 saturated heterocycles. The summed E-state index contributed by atoms with van der Waals surface area (Å²) in [7, 11) is 1.63. The van der Waals surface area contributed by atoms with Crippen molar-refractivity contribution in [2.75, 3.05) is 13.7 Å². The molecule has 24 heavy (non-hydrogen) atoms. The van der Waals surface area contributed by atoms with Gasteiger partial charge in [-0.05, 0) is 32.1 Å². The van der Waals surface area contributed by atoms with Crippen LogP contribution in [0.4, 0.5) is 0 Å². The number of rotatable bonds is 8. The molecule has 0 radical (unpaired) electrons. The van der Waals surface area contributed by atoms with Gasteiger partial charge in [0.25, 0.3) is 0 Å². The van der Waals surface area contributed by atoms with E-state index < -0.39 is 0 Å². The molecule has 2 rings (SSSR count). The van der Waals surface area contributed by atoms with E-state index >= 15 is 0 Å². The first-order valence-corrected chi connectivity index (χ1v) is 9.52. The number of ether oxygens (including phenoxy) is 1. The van der Waals surface area contributed by atoms with Crippen LogP contribution in [0.15, 0.2) is 9.95 Å². The predicted octanol–water partition coefficient (Wildman–Crippen LogP) is 1.78. The van der Waals surface area contributed by atoms with Crippen molar-refractivity contribution in [3.63, 3.8) is 0 Å². The van der Waals surface area contributed by atoms with E-state index in [0.717, 1.165) is 12.8 Å². The minimum absolute atomic E-state index is 0.0117. The highest BCUT2D eigenvalue weighted by Gasteiger charge is 2.26. The summed E-state index contributed by atoms with van der Waals surface area (Å²) in [6, 6.07) is 0.261. The molecule has 1 aliphatic rings. The molecule has 1 heterocycles. The molecule has 1 aliphatic carbocycles. The average Bonchev–Trinajstić information content (AvgIpc) is 2.90. The average molecular weight is 356 g/mol. The zero-order valence-electron chi connectivity index (χ0n) is 14.7. The van der Waals surface area contributed by atoms with Gasteiger partial charge in [0.05, 0.1) is 5.25 Å². The number of aromatic amines is 1. The van der Waals surface area contributed by atoms with Gasteiger partial charge in [-0.3, -0.25) is 9.36 Å². The lowest BCUT2D eigenvalue weighted by atomic mass is 9.86. The lowest BCUT2D eigenvalue weighted by Crippen LogP contribution is -2.44. The second-order valence-corrected chi connectivity index (χ2v) is 7.75. The fourth-order valence-electron chi connectivity index (χ4n) is 3.00. The van der Waals surface area contributed by atoms with Crippen molar-refractivity contribution in [1.29, 1.82) is 0 Å². The van der Waals surface area contributed by atoms with E-state index in [0.29, 0.717) is 24.2 Å². The normalized spacial score (nSPS) is 22.3. The fourth-order valence-corrected chi connectivity index (χ4v) is 3.89. The van der Waals surface area contributed by atoms with Crippen LogP contribution in [0.3, 0.4) is 0 Å². The summed E-state index contributed by atoms with van der Waals surface area (Å²) in [5, 5.41) is 9.92. The molecule has 8 heteroatoms. The summed E-state index contributed by atoms with van der Waals surface area (Å²) < 4.78 is 6.58. The van der Waals surface area contributed by atoms with Gasteiger partial charge in [-0.1, -0.05) is 31.5 Å². The minimum atomic E-state index is -0.296. The maximum atomic E-state index is 12.5. The van der Waals surface area contributed by atoms with Gasteiger partial charge in [0.15, 0.2) is 5.16 Å². The number of nitrogens with one attached hydrogen (secondary N) is 2. The Morgan fingerprint density at radius 1 is 1.50 bits per heavy atom. The fraction of sp³-hybridized carbons (Fsp3) is 0.812. The van der Waals surface area contributed by atoms with Crippen molar-refractivity contribution in [2.24, 2.45) is 5.92 Å². The Balaban J connectivity index is 1.92. The first-order chi connectivity index (χ1) is 11.5. The maximum Gasteiger partial charge on any atom is 0.343 e. The number of methoxy groups -OCH3 is 1. The summed E-state index contributed by atoms with van der Waals surface area (Å²) in [6.07, 6.45) is 5.37. The molecular formula is C16H28N4O3S. The molecule has 0 spiro atoms. The van der Waals surface area contributed by atoms with Crippen molar-refractivity contribution in [3.8, 4) is 0 Å². The summed E-state index contributed by atoms with van der Waals surface area (Å²) in [4.78, 5) is 24.3. The van der Waals surface area contributed by atoms with Crippen LogP contribution in [0.5, 0.6) is 0 Å². The largest absolute Gasteiger partial charge is 0.385 e. The van der Waals surface area contributed by atoms with Gasteiger partial charge >= 0.3 is 5.69 Å². The SMILES string of the molecule is COCCCn1c(SC(C)C(=O)NC2CCCCC2C)n[nH]c1=O. The Morgan fingerprint density at radius 3 is 2.96 bits per heavy atom. The number of hydrogen-bond acceptors (Lipinski definition) is 5. The van der Waals surface area contributed by atoms with E-state index in [9.17, 15) is 9.59 Å². The standard InChI is InChI=1S/C16H28N4O3S/c1-11-7-4-5-8-13(11)17-14(21)12(2)24-16-19-18-15(22)20(16)9-6-10-23-3/h11-13H,4-10H2,1-3H3,(H,17,21)(H,18,22). The van der Waals surface area contributed by atoms with Crippen LogP contribution in [0.2, 0.25) is 0 Å². The van der Waals surface area contributed by atoms with Gasteiger partial charge in [-0.2, -0.15) is 0 Å². The molecule has 2 N–H and O–H groups in total. The monoisotopic (exact) mass is 356 g/mol. The van der Waals surface area contributed by atoms with Crippen LogP contribution in [0, 0.1) is 5.92 Å². The van der Waals surface area contributed by atoms with E-state index in [1.807, 2.05) is 6.92 Å². The summed E-state index contributed by atoms with van der Waals surface area (Å²) in [5.41, 5.74) is -0.248. The Hall–Kier alpha value is -1.28. The number of carbonyl (C=O) groups excluding carboxylic acids is 1. The van der Waals surface area contributed by atoms with Crippen molar-refractivity contribution in [3.05, 3.63) is 10.5 Å². The Morgan fingerprint density at radius 2 is 2.25 bits per heavy atom. The zero-order chi connectivity index (χ0) is 17.5. The number of carbonyl (C=O) groups is 1. The second kappa shape index (κ2) is 9.27. The van der Waals surface area contributed by atoms with E-state index in [-0.39, 0.29) is 22.9 Å². The van der Waals surface area contributed by atoms with E-state index in [1.54, 1.807) is 11.7 Å². The molecule has 1 amide bonds. The van der Waals surface area contributed by atoms with Crippen LogP contribution in [-0.2, 0) is 16.1 Å². The summed E-state index contributed by atoms with van der Waals surface area (Å²) in [5.74, 6) is 0.537. The van der Waals surface area contributed by atoms with Crippen LogP contribution in [0.1, 0.15) is 46.0 Å². The minimum Gasteiger partial charge on any atom is -0.385 e. The third kappa shape index (κ3) is 5.11.